The van der Waals surface area contributed by atoms with Crippen LogP contribution < -0.4 is 19.1 Å². The van der Waals surface area contributed by atoms with Crippen LogP contribution in [0.15, 0.2) is 42.7 Å². The molecule has 1 N–H and O–H groups in total. The molecule has 0 radical (unpaired) electrons. The van der Waals surface area contributed by atoms with Crippen LogP contribution >= 0.6 is 0 Å². The maximum atomic E-state index is 11.4. The third-order valence-electron chi connectivity index (χ3n) is 6.31. The Labute approximate surface area is 200 Å². The molecule has 2 aliphatic heterocycles. The zero-order valence-corrected chi connectivity index (χ0v) is 20.3. The minimum absolute atomic E-state index is 0.538. The van der Waals surface area contributed by atoms with Gasteiger partial charge in [-0.05, 0) is 49.7 Å². The number of hydrogen-bond donors (Lipinski definition) is 1. The van der Waals surface area contributed by atoms with Gasteiger partial charge in [0.15, 0.2) is 11.5 Å². The van der Waals surface area contributed by atoms with E-state index >= 15 is 0 Å². The predicted octanol–water partition coefficient (Wildman–Crippen LogP) is 2.78. The van der Waals surface area contributed by atoms with Crippen LogP contribution in [0.5, 0.6) is 11.5 Å². The molecule has 9 nitrogen and oxygen atoms in total. The van der Waals surface area contributed by atoms with Gasteiger partial charge in [-0.2, -0.15) is 0 Å². The lowest BCUT2D eigenvalue weighted by Gasteiger charge is -2.36. The summed E-state index contributed by atoms with van der Waals surface area (Å²) in [7, 11) is -3.29. The fourth-order valence-electron chi connectivity index (χ4n) is 4.60. The Morgan fingerprint density at radius 1 is 0.941 bits per heavy atom. The van der Waals surface area contributed by atoms with E-state index in [1.165, 1.54) is 5.69 Å². The number of hydrogen-bond acceptors (Lipinski definition) is 7. The summed E-state index contributed by atoms with van der Waals surface area (Å²) in [6.07, 6.45) is 5.17. The number of ether oxygens (including phenoxy) is 2. The van der Waals surface area contributed by atoms with E-state index in [2.05, 4.69) is 36.2 Å². The first-order valence-corrected chi connectivity index (χ1v) is 13.6. The van der Waals surface area contributed by atoms with Crippen LogP contribution in [0.25, 0.3) is 11.0 Å². The molecule has 0 aliphatic carbocycles. The maximum absolute atomic E-state index is 11.4. The zero-order chi connectivity index (χ0) is 23.5. The molecule has 0 spiro atoms. The topological polar surface area (TPSA) is 88.9 Å². The highest BCUT2D eigenvalue weighted by atomic mass is 32.2. The molecule has 0 bridgehead atoms. The first-order chi connectivity index (χ1) is 16.4. The van der Waals surface area contributed by atoms with E-state index in [9.17, 15) is 8.42 Å². The lowest BCUT2D eigenvalue weighted by Crippen LogP contribution is -2.46. The standard InChI is InChI=1S/C24H31N5O4S/c1-34(30,31)26-19-4-6-22-21(16-19)25-18-29(22)9-3-2-8-27-10-12-28(13-11-27)20-5-7-23-24(17-20)33-15-14-32-23/h4-7,16-18,26H,2-3,8-15H2,1H3. The largest absolute Gasteiger partial charge is 0.486 e. The number of unbranched alkanes of at least 4 members (excludes halogenated alkanes) is 1. The van der Waals surface area contributed by atoms with Gasteiger partial charge in [-0.15, -0.1) is 0 Å². The van der Waals surface area contributed by atoms with E-state index in [0.29, 0.717) is 18.9 Å². The van der Waals surface area contributed by atoms with E-state index in [1.54, 1.807) is 12.1 Å². The van der Waals surface area contributed by atoms with Crippen molar-refractivity contribution in [3.63, 3.8) is 0 Å². The second-order valence-corrected chi connectivity index (χ2v) is 10.6. The van der Waals surface area contributed by atoms with Gasteiger partial charge in [0, 0.05) is 44.5 Å². The summed E-state index contributed by atoms with van der Waals surface area (Å²) in [4.78, 5) is 9.38. The van der Waals surface area contributed by atoms with E-state index in [0.717, 1.165) is 80.9 Å². The molecule has 0 unspecified atom stereocenters. The van der Waals surface area contributed by atoms with Gasteiger partial charge in [0.2, 0.25) is 10.0 Å². The monoisotopic (exact) mass is 485 g/mol. The van der Waals surface area contributed by atoms with Gasteiger partial charge in [-0.25, -0.2) is 13.4 Å². The van der Waals surface area contributed by atoms with Gasteiger partial charge in [0.25, 0.3) is 0 Å². The number of sulfonamides is 1. The van der Waals surface area contributed by atoms with Crippen molar-refractivity contribution in [1.82, 2.24) is 14.5 Å². The molecule has 3 aromatic rings. The van der Waals surface area contributed by atoms with E-state index in [1.807, 2.05) is 18.5 Å². The highest BCUT2D eigenvalue weighted by Gasteiger charge is 2.19. The summed E-state index contributed by atoms with van der Waals surface area (Å²) >= 11 is 0. The van der Waals surface area contributed by atoms with Crippen molar-refractivity contribution in [2.75, 3.05) is 61.8 Å². The lowest BCUT2D eigenvalue weighted by molar-refractivity contribution is 0.171. The van der Waals surface area contributed by atoms with Crippen LogP contribution in [0, 0.1) is 0 Å². The van der Waals surface area contributed by atoms with Crippen LogP contribution in [-0.4, -0.2) is 75.1 Å². The lowest BCUT2D eigenvalue weighted by atomic mass is 10.2. The first-order valence-electron chi connectivity index (χ1n) is 11.7. The molecule has 2 aromatic carbocycles. The van der Waals surface area contributed by atoms with Crippen LogP contribution in [0.3, 0.4) is 0 Å². The third kappa shape index (κ3) is 5.39. The van der Waals surface area contributed by atoms with Crippen molar-refractivity contribution < 1.29 is 17.9 Å². The Kier molecular flexibility index (Phi) is 6.51. The maximum Gasteiger partial charge on any atom is 0.229 e. The molecule has 10 heteroatoms. The SMILES string of the molecule is CS(=O)(=O)Nc1ccc2c(c1)ncn2CCCCN1CCN(c2ccc3c(c2)OCCO3)CC1. The highest BCUT2D eigenvalue weighted by Crippen LogP contribution is 2.34. The van der Waals surface area contributed by atoms with Crippen molar-refractivity contribution in [1.29, 1.82) is 0 Å². The summed E-state index contributed by atoms with van der Waals surface area (Å²) < 4.78 is 38.9. The molecular weight excluding hydrogens is 454 g/mol. The van der Waals surface area contributed by atoms with Crippen molar-refractivity contribution in [2.45, 2.75) is 19.4 Å². The number of fused-ring (bicyclic) bond motifs is 2. The molecule has 5 rings (SSSR count). The molecular formula is C24H31N5O4S. The van der Waals surface area contributed by atoms with Crippen molar-refractivity contribution in [2.24, 2.45) is 0 Å². The Hall–Kier alpha value is -2.98. The van der Waals surface area contributed by atoms with Gasteiger partial charge >= 0.3 is 0 Å². The van der Waals surface area contributed by atoms with Crippen molar-refractivity contribution in [3.05, 3.63) is 42.7 Å². The van der Waals surface area contributed by atoms with Crippen LogP contribution in [-0.2, 0) is 16.6 Å². The molecule has 0 atom stereocenters. The number of anilines is 2. The number of nitrogens with one attached hydrogen (secondary N) is 1. The number of aromatic nitrogens is 2. The number of rotatable bonds is 8. The summed E-state index contributed by atoms with van der Waals surface area (Å²) in [6.45, 7) is 7.34. The summed E-state index contributed by atoms with van der Waals surface area (Å²) in [5, 5.41) is 0. The molecule has 0 saturated carbocycles. The molecule has 1 fully saturated rings. The minimum Gasteiger partial charge on any atom is -0.486 e. The Bertz CT molecular complexity index is 1250. The van der Waals surface area contributed by atoms with Crippen LogP contribution in [0.1, 0.15) is 12.8 Å². The third-order valence-corrected chi connectivity index (χ3v) is 6.92. The molecule has 1 aromatic heterocycles. The number of benzene rings is 2. The average molecular weight is 486 g/mol. The van der Waals surface area contributed by atoms with Crippen molar-refractivity contribution in [3.8, 4) is 11.5 Å². The normalized spacial score (nSPS) is 16.7. The van der Waals surface area contributed by atoms with Gasteiger partial charge in [0.05, 0.1) is 29.3 Å². The first kappa shape index (κ1) is 22.8. The molecule has 3 heterocycles. The highest BCUT2D eigenvalue weighted by molar-refractivity contribution is 7.92. The molecule has 0 amide bonds. The summed E-state index contributed by atoms with van der Waals surface area (Å²) in [5.41, 5.74) is 3.55. The Morgan fingerprint density at radius 3 is 2.50 bits per heavy atom. The Morgan fingerprint density at radius 2 is 1.71 bits per heavy atom. The fraction of sp³-hybridized carbons (Fsp3) is 0.458. The quantitative estimate of drug-likeness (QED) is 0.491. The van der Waals surface area contributed by atoms with Crippen LogP contribution in [0.4, 0.5) is 11.4 Å². The van der Waals surface area contributed by atoms with E-state index < -0.39 is 10.0 Å². The van der Waals surface area contributed by atoms with E-state index in [4.69, 9.17) is 9.47 Å². The van der Waals surface area contributed by atoms with Gasteiger partial charge in [-0.1, -0.05) is 0 Å². The van der Waals surface area contributed by atoms with Gasteiger partial charge in [-0.3, -0.25) is 9.62 Å². The fourth-order valence-corrected chi connectivity index (χ4v) is 5.15. The van der Waals surface area contributed by atoms with Gasteiger partial charge in [0.1, 0.15) is 13.2 Å². The Balaban J connectivity index is 1.07. The molecule has 182 valence electrons. The number of aryl methyl sites for hydroxylation is 1. The average Bonchev–Trinajstić information content (AvgIpc) is 3.23. The molecule has 2 aliphatic rings. The molecule has 1 saturated heterocycles. The number of imidazole rings is 1. The predicted molar refractivity (Wildman–Crippen MR) is 134 cm³/mol. The smallest absolute Gasteiger partial charge is 0.229 e. The summed E-state index contributed by atoms with van der Waals surface area (Å²) in [5.74, 6) is 1.69. The van der Waals surface area contributed by atoms with Crippen molar-refractivity contribution >= 4 is 32.4 Å². The zero-order valence-electron chi connectivity index (χ0n) is 19.4. The second kappa shape index (κ2) is 9.71. The molecule has 34 heavy (non-hydrogen) atoms. The second-order valence-electron chi connectivity index (χ2n) is 8.88. The van der Waals surface area contributed by atoms with E-state index in [-0.39, 0.29) is 0 Å². The van der Waals surface area contributed by atoms with Crippen LogP contribution in [0.2, 0.25) is 0 Å². The minimum atomic E-state index is -3.29. The number of nitrogens with zero attached hydrogens (tertiary/aromatic N) is 4. The summed E-state index contributed by atoms with van der Waals surface area (Å²) in [6, 6.07) is 11.7. The number of piperazine rings is 1. The van der Waals surface area contributed by atoms with Gasteiger partial charge < -0.3 is 18.9 Å².